The summed E-state index contributed by atoms with van der Waals surface area (Å²) in [6.07, 6.45) is -4.40. The Labute approximate surface area is 117 Å². The molecule has 0 aliphatic carbocycles. The van der Waals surface area contributed by atoms with Gasteiger partial charge in [0.15, 0.2) is 0 Å². The van der Waals surface area contributed by atoms with Crippen LogP contribution in [0.4, 0.5) is 13.2 Å². The Bertz CT molecular complexity index is 667. The van der Waals surface area contributed by atoms with Crippen LogP contribution in [-0.4, -0.2) is 16.0 Å². The molecule has 106 valence electrons. The molecule has 0 bridgehead atoms. The molecule has 1 aromatic carbocycles. The van der Waals surface area contributed by atoms with Crippen LogP contribution in [0.2, 0.25) is 0 Å². The second-order valence-electron chi connectivity index (χ2n) is 3.96. The van der Waals surface area contributed by atoms with Gasteiger partial charge >= 0.3 is 6.18 Å². The maximum absolute atomic E-state index is 12.7. The number of hydrogen-bond donors (Lipinski definition) is 1. The third-order valence-electron chi connectivity index (χ3n) is 2.56. The van der Waals surface area contributed by atoms with Gasteiger partial charge in [0.25, 0.3) is 5.56 Å². The van der Waals surface area contributed by atoms with Crippen molar-refractivity contribution in [3.05, 3.63) is 46.2 Å². The molecular formula is C13H11F3N2OS. The van der Waals surface area contributed by atoms with Crippen LogP contribution in [0.3, 0.4) is 0 Å². The van der Waals surface area contributed by atoms with E-state index < -0.39 is 11.7 Å². The Morgan fingerprint density at radius 2 is 2.05 bits per heavy atom. The average Bonchev–Trinajstić information content (AvgIpc) is 2.41. The molecule has 3 nitrogen and oxygen atoms in total. The summed E-state index contributed by atoms with van der Waals surface area (Å²) in [5.41, 5.74) is -0.457. The van der Waals surface area contributed by atoms with Crippen molar-refractivity contribution < 1.29 is 13.2 Å². The lowest BCUT2D eigenvalue weighted by atomic mass is 10.1. The van der Waals surface area contributed by atoms with E-state index in [1.807, 2.05) is 6.92 Å². The summed E-state index contributed by atoms with van der Waals surface area (Å²) < 4.78 is 38.0. The van der Waals surface area contributed by atoms with Crippen LogP contribution in [0.15, 0.2) is 40.0 Å². The van der Waals surface area contributed by atoms with Crippen LogP contribution in [0, 0.1) is 0 Å². The van der Waals surface area contributed by atoms with Gasteiger partial charge in [-0.05, 0) is 24.0 Å². The molecule has 7 heteroatoms. The van der Waals surface area contributed by atoms with Crippen LogP contribution in [-0.2, 0) is 6.18 Å². The van der Waals surface area contributed by atoms with Crippen molar-refractivity contribution in [3.8, 4) is 11.3 Å². The summed E-state index contributed by atoms with van der Waals surface area (Å²) in [5.74, 6) is 0.690. The second-order valence-corrected chi connectivity index (χ2v) is 5.26. The highest BCUT2D eigenvalue weighted by Gasteiger charge is 2.30. The molecule has 0 saturated heterocycles. The summed E-state index contributed by atoms with van der Waals surface area (Å²) in [6.45, 7) is 1.88. The summed E-state index contributed by atoms with van der Waals surface area (Å²) in [7, 11) is 0. The second kappa shape index (κ2) is 5.70. The maximum atomic E-state index is 12.7. The zero-order chi connectivity index (χ0) is 14.8. The predicted molar refractivity (Wildman–Crippen MR) is 71.7 cm³/mol. The summed E-state index contributed by atoms with van der Waals surface area (Å²) in [5, 5.41) is 6.10. The first-order valence-corrected chi connectivity index (χ1v) is 6.80. The average molecular weight is 300 g/mol. The van der Waals surface area contributed by atoms with E-state index in [9.17, 15) is 18.0 Å². The number of thioether (sulfide) groups is 1. The van der Waals surface area contributed by atoms with Gasteiger partial charge in [-0.15, -0.1) is 11.8 Å². The quantitative estimate of drug-likeness (QED) is 0.881. The Morgan fingerprint density at radius 1 is 1.30 bits per heavy atom. The van der Waals surface area contributed by atoms with Crippen LogP contribution in [0.25, 0.3) is 11.3 Å². The zero-order valence-corrected chi connectivity index (χ0v) is 11.3. The molecule has 1 aromatic heterocycles. The first-order chi connectivity index (χ1) is 9.41. The Balaban J connectivity index is 2.46. The maximum Gasteiger partial charge on any atom is 0.416 e. The third-order valence-corrected chi connectivity index (χ3v) is 3.46. The van der Waals surface area contributed by atoms with Gasteiger partial charge in [0.05, 0.1) is 16.2 Å². The van der Waals surface area contributed by atoms with E-state index in [-0.39, 0.29) is 5.56 Å². The van der Waals surface area contributed by atoms with Crippen molar-refractivity contribution in [1.82, 2.24) is 10.2 Å². The minimum atomic E-state index is -4.40. The van der Waals surface area contributed by atoms with Crippen molar-refractivity contribution in [2.45, 2.75) is 18.0 Å². The SMILES string of the molecule is CCSc1cc(-c2cccc(C(F)(F)F)c2)n[nH]c1=O. The highest BCUT2D eigenvalue weighted by atomic mass is 32.2. The number of H-pyrrole nitrogens is 1. The van der Waals surface area contributed by atoms with Gasteiger partial charge in [-0.1, -0.05) is 19.1 Å². The van der Waals surface area contributed by atoms with Crippen molar-refractivity contribution >= 4 is 11.8 Å². The highest BCUT2D eigenvalue weighted by Crippen LogP contribution is 2.31. The minimum absolute atomic E-state index is 0.312. The molecule has 0 aliphatic rings. The molecule has 20 heavy (non-hydrogen) atoms. The van der Waals surface area contributed by atoms with Crippen molar-refractivity contribution in [2.24, 2.45) is 0 Å². The summed E-state index contributed by atoms with van der Waals surface area (Å²) in [6, 6.07) is 6.36. The standard InChI is InChI=1S/C13H11F3N2OS/c1-2-20-11-7-10(17-18-12(11)19)8-4-3-5-9(6-8)13(14,15)16/h3-7H,2H2,1H3,(H,18,19). The van der Waals surface area contributed by atoms with E-state index in [4.69, 9.17) is 0 Å². The van der Waals surface area contributed by atoms with Gasteiger partial charge in [-0.2, -0.15) is 18.3 Å². The van der Waals surface area contributed by atoms with Crippen LogP contribution in [0.5, 0.6) is 0 Å². The number of benzene rings is 1. The number of rotatable bonds is 3. The van der Waals surface area contributed by atoms with Crippen molar-refractivity contribution in [3.63, 3.8) is 0 Å². The fourth-order valence-corrected chi connectivity index (χ4v) is 2.34. The molecule has 1 N–H and O–H groups in total. The first-order valence-electron chi connectivity index (χ1n) is 5.82. The highest BCUT2D eigenvalue weighted by molar-refractivity contribution is 7.99. The Morgan fingerprint density at radius 3 is 2.70 bits per heavy atom. The molecule has 1 heterocycles. The molecule has 0 saturated carbocycles. The van der Waals surface area contributed by atoms with Gasteiger partial charge in [-0.25, -0.2) is 5.10 Å². The smallest absolute Gasteiger partial charge is 0.267 e. The minimum Gasteiger partial charge on any atom is -0.267 e. The monoisotopic (exact) mass is 300 g/mol. The normalized spacial score (nSPS) is 11.6. The topological polar surface area (TPSA) is 45.8 Å². The van der Waals surface area contributed by atoms with Crippen LogP contribution < -0.4 is 5.56 Å². The fourth-order valence-electron chi connectivity index (χ4n) is 1.65. The number of halogens is 3. The summed E-state index contributed by atoms with van der Waals surface area (Å²) in [4.78, 5) is 11.9. The lowest BCUT2D eigenvalue weighted by Crippen LogP contribution is -2.11. The van der Waals surface area contributed by atoms with Gasteiger partial charge in [0, 0.05) is 5.56 Å². The number of aromatic nitrogens is 2. The molecule has 2 rings (SSSR count). The van der Waals surface area contributed by atoms with Gasteiger partial charge in [0.1, 0.15) is 0 Å². The largest absolute Gasteiger partial charge is 0.416 e. The number of hydrogen-bond acceptors (Lipinski definition) is 3. The molecule has 0 fully saturated rings. The van der Waals surface area contributed by atoms with Crippen molar-refractivity contribution in [2.75, 3.05) is 5.75 Å². The molecular weight excluding hydrogens is 289 g/mol. The van der Waals surface area contributed by atoms with E-state index in [0.29, 0.717) is 21.9 Å². The summed E-state index contributed by atoms with van der Waals surface area (Å²) >= 11 is 1.31. The molecule has 0 atom stereocenters. The Kier molecular flexibility index (Phi) is 4.17. The third kappa shape index (κ3) is 3.22. The van der Waals surface area contributed by atoms with Gasteiger partial charge < -0.3 is 0 Å². The number of alkyl halides is 3. The number of nitrogens with one attached hydrogen (secondary N) is 1. The zero-order valence-electron chi connectivity index (χ0n) is 10.5. The van der Waals surface area contributed by atoms with E-state index >= 15 is 0 Å². The van der Waals surface area contributed by atoms with Crippen LogP contribution >= 0.6 is 11.8 Å². The number of aromatic amines is 1. The van der Waals surface area contributed by atoms with E-state index in [1.165, 1.54) is 30.0 Å². The first kappa shape index (κ1) is 14.6. The van der Waals surface area contributed by atoms with Gasteiger partial charge in [-0.3, -0.25) is 4.79 Å². The lowest BCUT2D eigenvalue weighted by Gasteiger charge is -2.08. The number of nitrogens with zero attached hydrogens (tertiary/aromatic N) is 1. The molecule has 0 aliphatic heterocycles. The van der Waals surface area contributed by atoms with Crippen LogP contribution in [0.1, 0.15) is 12.5 Å². The van der Waals surface area contributed by atoms with E-state index in [1.54, 1.807) is 0 Å². The molecule has 0 amide bonds. The molecule has 2 aromatic rings. The molecule has 0 unspecified atom stereocenters. The van der Waals surface area contributed by atoms with E-state index in [2.05, 4.69) is 10.2 Å². The fraction of sp³-hybridized carbons (Fsp3) is 0.231. The molecule has 0 spiro atoms. The predicted octanol–water partition coefficient (Wildman–Crippen LogP) is 3.57. The molecule has 0 radical (unpaired) electrons. The Hall–Kier alpha value is -1.76. The van der Waals surface area contributed by atoms with E-state index in [0.717, 1.165) is 12.1 Å². The van der Waals surface area contributed by atoms with Crippen molar-refractivity contribution in [1.29, 1.82) is 0 Å². The lowest BCUT2D eigenvalue weighted by molar-refractivity contribution is -0.137. The van der Waals surface area contributed by atoms with Gasteiger partial charge in [0.2, 0.25) is 0 Å².